The molecule has 0 aliphatic heterocycles. The van der Waals surface area contributed by atoms with Crippen LogP contribution in [0.15, 0.2) is 71.8 Å². The quantitative estimate of drug-likeness (QED) is 0.312. The monoisotopic (exact) mass is 434 g/mol. The largest absolute Gasteiger partial charge is 0.359 e. The summed E-state index contributed by atoms with van der Waals surface area (Å²) < 4.78 is 5.23. The van der Waals surface area contributed by atoms with E-state index in [1.807, 2.05) is 31.2 Å². The number of nitro benzene ring substituents is 1. The fourth-order valence-corrected chi connectivity index (χ4v) is 2.97. The van der Waals surface area contributed by atoms with Gasteiger partial charge in [-0.3, -0.25) is 19.7 Å². The summed E-state index contributed by atoms with van der Waals surface area (Å²) in [6.07, 6.45) is 1.53. The molecule has 0 atom stereocenters. The molecule has 3 aromatic rings. The van der Waals surface area contributed by atoms with Crippen LogP contribution in [0.5, 0.6) is 0 Å². The highest BCUT2D eigenvalue weighted by molar-refractivity contribution is 5.95. The summed E-state index contributed by atoms with van der Waals surface area (Å²) in [5, 5.41) is 17.5. The molecule has 1 aromatic heterocycles. The molecular formula is C23H22N4O5. The Morgan fingerprint density at radius 3 is 2.66 bits per heavy atom. The fraction of sp³-hybridized carbons (Fsp3) is 0.174. The van der Waals surface area contributed by atoms with Gasteiger partial charge in [-0.25, -0.2) is 0 Å². The summed E-state index contributed by atoms with van der Waals surface area (Å²) in [4.78, 5) is 37.0. The number of carbonyl (C=O) groups excluding carboxylic acids is 2. The number of nitrogens with one attached hydrogen (secondary N) is 1. The van der Waals surface area contributed by atoms with E-state index in [-0.39, 0.29) is 30.0 Å². The molecule has 0 saturated carbocycles. The summed E-state index contributed by atoms with van der Waals surface area (Å²) in [6, 6.07) is 14.7. The molecule has 0 bridgehead atoms. The molecular weight excluding hydrogens is 412 g/mol. The standard InChI is InChI=1S/C23H22N4O5/c1-3-11-26(23(29)18-5-4-6-19(12-18)27(30)31)15-20-13-21(25-32-20)22(28)24-14-17-9-7-16(2)8-10-17/h3-10,12-13H,1,11,14-15H2,2H3,(H,24,28). The van der Waals surface area contributed by atoms with E-state index < -0.39 is 16.7 Å². The molecule has 0 unspecified atom stereocenters. The summed E-state index contributed by atoms with van der Waals surface area (Å²) in [5.74, 6) is -0.539. The van der Waals surface area contributed by atoms with E-state index in [4.69, 9.17) is 4.52 Å². The summed E-state index contributed by atoms with van der Waals surface area (Å²) >= 11 is 0. The molecule has 2 amide bonds. The first-order valence-corrected chi connectivity index (χ1v) is 9.81. The van der Waals surface area contributed by atoms with Gasteiger partial charge >= 0.3 is 0 Å². The van der Waals surface area contributed by atoms with E-state index in [1.165, 1.54) is 41.3 Å². The van der Waals surface area contributed by atoms with Crippen molar-refractivity contribution in [1.82, 2.24) is 15.4 Å². The van der Waals surface area contributed by atoms with Crippen LogP contribution in [0.3, 0.4) is 0 Å². The van der Waals surface area contributed by atoms with Gasteiger partial charge in [0.2, 0.25) is 0 Å². The lowest BCUT2D eigenvalue weighted by Gasteiger charge is -2.19. The molecule has 0 radical (unpaired) electrons. The van der Waals surface area contributed by atoms with Gasteiger partial charge in [0, 0.05) is 36.9 Å². The molecule has 0 fully saturated rings. The van der Waals surface area contributed by atoms with Crippen molar-refractivity contribution in [2.24, 2.45) is 0 Å². The predicted octanol–water partition coefficient (Wildman–Crippen LogP) is 3.65. The number of benzene rings is 2. The number of rotatable bonds is 9. The average molecular weight is 434 g/mol. The molecule has 3 rings (SSSR count). The molecule has 9 nitrogen and oxygen atoms in total. The molecule has 0 spiro atoms. The van der Waals surface area contributed by atoms with Gasteiger partial charge in [0.15, 0.2) is 11.5 Å². The van der Waals surface area contributed by atoms with E-state index in [1.54, 1.807) is 0 Å². The number of hydrogen-bond donors (Lipinski definition) is 1. The third-order valence-electron chi connectivity index (χ3n) is 4.65. The van der Waals surface area contributed by atoms with Gasteiger partial charge in [0.25, 0.3) is 17.5 Å². The molecule has 0 aliphatic rings. The van der Waals surface area contributed by atoms with Crippen molar-refractivity contribution < 1.29 is 19.0 Å². The van der Waals surface area contributed by atoms with E-state index in [0.29, 0.717) is 12.3 Å². The number of nitrogens with zero attached hydrogens (tertiary/aromatic N) is 3. The zero-order valence-corrected chi connectivity index (χ0v) is 17.5. The van der Waals surface area contributed by atoms with Crippen LogP contribution in [-0.4, -0.2) is 33.3 Å². The van der Waals surface area contributed by atoms with Gasteiger partial charge in [-0.05, 0) is 18.6 Å². The molecule has 0 saturated heterocycles. The highest BCUT2D eigenvalue weighted by Crippen LogP contribution is 2.17. The third-order valence-corrected chi connectivity index (χ3v) is 4.65. The zero-order chi connectivity index (χ0) is 23.1. The van der Waals surface area contributed by atoms with Crippen LogP contribution in [0.25, 0.3) is 0 Å². The normalized spacial score (nSPS) is 10.4. The number of amides is 2. The maximum absolute atomic E-state index is 12.9. The topological polar surface area (TPSA) is 119 Å². The maximum atomic E-state index is 12.9. The lowest BCUT2D eigenvalue weighted by Crippen LogP contribution is -2.30. The number of carbonyl (C=O) groups is 2. The van der Waals surface area contributed by atoms with Crippen molar-refractivity contribution >= 4 is 17.5 Å². The number of aryl methyl sites for hydroxylation is 1. The van der Waals surface area contributed by atoms with Gasteiger partial charge in [-0.2, -0.15) is 0 Å². The van der Waals surface area contributed by atoms with Crippen molar-refractivity contribution in [3.8, 4) is 0 Å². The highest BCUT2D eigenvalue weighted by Gasteiger charge is 2.20. The number of hydrogen-bond acceptors (Lipinski definition) is 6. The van der Waals surface area contributed by atoms with Crippen LogP contribution in [0.2, 0.25) is 0 Å². The van der Waals surface area contributed by atoms with Crippen molar-refractivity contribution in [2.75, 3.05) is 6.54 Å². The summed E-state index contributed by atoms with van der Waals surface area (Å²) in [7, 11) is 0. The van der Waals surface area contributed by atoms with E-state index in [2.05, 4.69) is 17.1 Å². The number of aromatic nitrogens is 1. The van der Waals surface area contributed by atoms with Crippen LogP contribution < -0.4 is 5.32 Å². The molecule has 32 heavy (non-hydrogen) atoms. The van der Waals surface area contributed by atoms with Gasteiger partial charge in [0.1, 0.15) is 0 Å². The second kappa shape index (κ2) is 10.2. The fourth-order valence-electron chi connectivity index (χ4n) is 2.97. The second-order valence-corrected chi connectivity index (χ2v) is 7.13. The summed E-state index contributed by atoms with van der Waals surface area (Å²) in [6.45, 7) is 6.17. The number of non-ortho nitro benzene ring substituents is 1. The average Bonchev–Trinajstić information content (AvgIpc) is 3.26. The minimum atomic E-state index is -0.563. The molecule has 0 aliphatic carbocycles. The molecule has 164 valence electrons. The Morgan fingerprint density at radius 1 is 1.22 bits per heavy atom. The minimum absolute atomic E-state index is 0.0196. The second-order valence-electron chi connectivity index (χ2n) is 7.13. The first-order chi connectivity index (χ1) is 15.4. The SMILES string of the molecule is C=CCN(Cc1cc(C(=O)NCc2ccc(C)cc2)no1)C(=O)c1cccc([N+](=O)[O-])c1. The van der Waals surface area contributed by atoms with Crippen LogP contribution in [-0.2, 0) is 13.1 Å². The molecule has 2 aromatic carbocycles. The predicted molar refractivity (Wildman–Crippen MR) is 117 cm³/mol. The smallest absolute Gasteiger partial charge is 0.273 e. The van der Waals surface area contributed by atoms with Gasteiger partial charge < -0.3 is 14.7 Å². The van der Waals surface area contributed by atoms with E-state index in [9.17, 15) is 19.7 Å². The van der Waals surface area contributed by atoms with Crippen molar-refractivity contribution in [1.29, 1.82) is 0 Å². The first kappa shape index (κ1) is 22.4. The van der Waals surface area contributed by atoms with E-state index in [0.717, 1.165) is 11.1 Å². The minimum Gasteiger partial charge on any atom is -0.359 e. The Kier molecular flexibility index (Phi) is 7.12. The Hall–Kier alpha value is -4.27. The van der Waals surface area contributed by atoms with Crippen molar-refractivity contribution in [3.63, 3.8) is 0 Å². The lowest BCUT2D eigenvalue weighted by atomic mass is 10.1. The Balaban J connectivity index is 1.66. The highest BCUT2D eigenvalue weighted by atomic mass is 16.6. The van der Waals surface area contributed by atoms with Gasteiger partial charge in [0.05, 0.1) is 11.5 Å². The first-order valence-electron chi connectivity index (χ1n) is 9.81. The van der Waals surface area contributed by atoms with Crippen LogP contribution >= 0.6 is 0 Å². The third kappa shape index (κ3) is 5.66. The van der Waals surface area contributed by atoms with E-state index >= 15 is 0 Å². The zero-order valence-electron chi connectivity index (χ0n) is 17.5. The van der Waals surface area contributed by atoms with Crippen LogP contribution in [0.1, 0.15) is 37.7 Å². The molecule has 9 heteroatoms. The Bertz CT molecular complexity index is 1140. The molecule has 1 N–H and O–H groups in total. The lowest BCUT2D eigenvalue weighted by molar-refractivity contribution is -0.384. The summed E-state index contributed by atoms with van der Waals surface area (Å²) in [5.41, 5.74) is 2.16. The number of nitro groups is 1. The van der Waals surface area contributed by atoms with Crippen LogP contribution in [0.4, 0.5) is 5.69 Å². The van der Waals surface area contributed by atoms with Crippen LogP contribution in [0, 0.1) is 17.0 Å². The van der Waals surface area contributed by atoms with Crippen molar-refractivity contribution in [2.45, 2.75) is 20.0 Å². The van der Waals surface area contributed by atoms with Gasteiger partial charge in [-0.15, -0.1) is 6.58 Å². The Labute approximate surface area is 184 Å². The van der Waals surface area contributed by atoms with Gasteiger partial charge in [-0.1, -0.05) is 47.1 Å². The Morgan fingerprint density at radius 2 is 1.97 bits per heavy atom. The molecule has 1 heterocycles. The maximum Gasteiger partial charge on any atom is 0.273 e. The van der Waals surface area contributed by atoms with Crippen molar-refractivity contribution in [3.05, 3.63) is 106 Å².